The van der Waals surface area contributed by atoms with Gasteiger partial charge in [0, 0.05) is 25.7 Å². The fourth-order valence-electron chi connectivity index (χ4n) is 2.82. The molecule has 100 valence electrons. The van der Waals surface area contributed by atoms with Crippen molar-refractivity contribution in [3.05, 3.63) is 0 Å². The van der Waals surface area contributed by atoms with Gasteiger partial charge in [-0.2, -0.15) is 0 Å². The fourth-order valence-corrected chi connectivity index (χ4v) is 2.82. The highest BCUT2D eigenvalue weighted by atomic mass is 16.5. The third-order valence-corrected chi connectivity index (χ3v) is 4.01. The Morgan fingerprint density at radius 1 is 1.35 bits per heavy atom. The molecule has 2 rings (SSSR count). The average Bonchev–Trinajstić information content (AvgIpc) is 2.38. The first-order valence-electron chi connectivity index (χ1n) is 7.05. The Labute approximate surface area is 104 Å². The van der Waals surface area contributed by atoms with E-state index in [1.807, 2.05) is 0 Å². The molecular weight excluding hydrogens is 216 g/mol. The summed E-state index contributed by atoms with van der Waals surface area (Å²) in [5, 5.41) is 13.4. The van der Waals surface area contributed by atoms with Crippen LogP contribution in [0.25, 0.3) is 0 Å². The predicted octanol–water partition coefficient (Wildman–Crippen LogP) is 0.600. The van der Waals surface area contributed by atoms with Crippen molar-refractivity contribution in [2.75, 3.05) is 32.8 Å². The maximum Gasteiger partial charge on any atom is 0.0826 e. The van der Waals surface area contributed by atoms with E-state index in [2.05, 4.69) is 17.1 Å². The lowest BCUT2D eigenvalue weighted by Crippen LogP contribution is -2.50. The zero-order valence-electron chi connectivity index (χ0n) is 10.9. The van der Waals surface area contributed by atoms with Crippen LogP contribution < -0.4 is 5.32 Å². The minimum absolute atomic E-state index is 0.158. The van der Waals surface area contributed by atoms with Crippen molar-refractivity contribution in [2.45, 2.75) is 50.9 Å². The molecule has 0 radical (unpaired) electrons. The van der Waals surface area contributed by atoms with Gasteiger partial charge in [-0.15, -0.1) is 0 Å². The van der Waals surface area contributed by atoms with E-state index in [4.69, 9.17) is 4.74 Å². The highest BCUT2D eigenvalue weighted by Gasteiger charge is 2.25. The molecule has 4 nitrogen and oxygen atoms in total. The van der Waals surface area contributed by atoms with Crippen molar-refractivity contribution < 1.29 is 9.84 Å². The fraction of sp³-hybridized carbons (Fsp3) is 1.00. The maximum atomic E-state index is 9.88. The van der Waals surface area contributed by atoms with E-state index < -0.39 is 0 Å². The molecule has 1 unspecified atom stereocenters. The molecule has 1 aliphatic carbocycles. The largest absolute Gasteiger partial charge is 0.392 e. The maximum absolute atomic E-state index is 9.88. The van der Waals surface area contributed by atoms with E-state index in [0.29, 0.717) is 0 Å². The van der Waals surface area contributed by atoms with Gasteiger partial charge < -0.3 is 15.2 Å². The van der Waals surface area contributed by atoms with Gasteiger partial charge in [-0.25, -0.2) is 0 Å². The van der Waals surface area contributed by atoms with Crippen molar-refractivity contribution in [2.24, 2.45) is 0 Å². The van der Waals surface area contributed by atoms with Gasteiger partial charge in [0.1, 0.15) is 0 Å². The van der Waals surface area contributed by atoms with Gasteiger partial charge in [-0.3, -0.25) is 4.90 Å². The summed E-state index contributed by atoms with van der Waals surface area (Å²) in [4.78, 5) is 2.42. The number of morpholine rings is 1. The minimum Gasteiger partial charge on any atom is -0.392 e. The SMILES string of the molecule is CCN1CCOC(CN[C@H]2CCCC[C@@H]2O)C1. The molecule has 0 aromatic rings. The zero-order chi connectivity index (χ0) is 12.1. The van der Waals surface area contributed by atoms with Crippen LogP contribution in [0.15, 0.2) is 0 Å². The molecule has 0 amide bonds. The molecule has 2 aliphatic rings. The molecule has 0 bridgehead atoms. The summed E-state index contributed by atoms with van der Waals surface area (Å²) >= 11 is 0. The number of rotatable bonds is 4. The molecule has 2 fully saturated rings. The number of aliphatic hydroxyl groups excluding tert-OH is 1. The van der Waals surface area contributed by atoms with Crippen molar-refractivity contribution >= 4 is 0 Å². The van der Waals surface area contributed by atoms with E-state index >= 15 is 0 Å². The van der Waals surface area contributed by atoms with Gasteiger partial charge in [0.05, 0.1) is 18.8 Å². The Kier molecular flexibility index (Phi) is 5.22. The van der Waals surface area contributed by atoms with Gasteiger partial charge in [0.15, 0.2) is 0 Å². The van der Waals surface area contributed by atoms with E-state index in [-0.39, 0.29) is 18.2 Å². The number of nitrogens with one attached hydrogen (secondary N) is 1. The first-order chi connectivity index (χ1) is 8.29. The normalized spacial score (nSPS) is 36.0. The van der Waals surface area contributed by atoms with Gasteiger partial charge >= 0.3 is 0 Å². The Morgan fingerprint density at radius 2 is 2.18 bits per heavy atom. The standard InChI is InChI=1S/C13H26N2O2/c1-2-15-7-8-17-11(10-15)9-14-12-5-3-4-6-13(12)16/h11-14,16H,2-10H2,1H3/t11?,12-,13-/m0/s1. The third kappa shape index (κ3) is 3.91. The van der Waals surface area contributed by atoms with Crippen LogP contribution in [-0.4, -0.2) is 61.0 Å². The number of likely N-dealkylation sites (N-methyl/N-ethyl adjacent to an activating group) is 1. The lowest BCUT2D eigenvalue weighted by Gasteiger charge is -2.34. The summed E-state index contributed by atoms with van der Waals surface area (Å²) in [6, 6.07) is 0.282. The van der Waals surface area contributed by atoms with Crippen LogP contribution >= 0.6 is 0 Å². The second-order valence-corrected chi connectivity index (χ2v) is 5.25. The monoisotopic (exact) mass is 242 g/mol. The van der Waals surface area contributed by atoms with Crippen LogP contribution in [0.2, 0.25) is 0 Å². The second kappa shape index (κ2) is 6.69. The molecule has 1 aliphatic heterocycles. The van der Waals surface area contributed by atoms with Gasteiger partial charge in [0.2, 0.25) is 0 Å². The van der Waals surface area contributed by atoms with E-state index in [1.165, 1.54) is 12.8 Å². The van der Waals surface area contributed by atoms with Crippen LogP contribution in [0, 0.1) is 0 Å². The van der Waals surface area contributed by atoms with E-state index in [1.54, 1.807) is 0 Å². The van der Waals surface area contributed by atoms with Gasteiger partial charge in [-0.05, 0) is 19.4 Å². The van der Waals surface area contributed by atoms with Crippen LogP contribution in [0.3, 0.4) is 0 Å². The van der Waals surface area contributed by atoms with Crippen molar-refractivity contribution in [1.82, 2.24) is 10.2 Å². The smallest absolute Gasteiger partial charge is 0.0826 e. The van der Waals surface area contributed by atoms with Crippen LogP contribution in [0.1, 0.15) is 32.6 Å². The predicted molar refractivity (Wildman–Crippen MR) is 68.1 cm³/mol. The molecule has 4 heteroatoms. The van der Waals surface area contributed by atoms with E-state index in [0.717, 1.165) is 45.6 Å². The lowest BCUT2D eigenvalue weighted by atomic mass is 9.92. The molecule has 3 atom stereocenters. The number of ether oxygens (including phenoxy) is 1. The van der Waals surface area contributed by atoms with Crippen molar-refractivity contribution in [3.8, 4) is 0 Å². The Morgan fingerprint density at radius 3 is 2.94 bits per heavy atom. The average molecular weight is 242 g/mol. The highest BCUT2D eigenvalue weighted by Crippen LogP contribution is 2.18. The number of hydrogen-bond donors (Lipinski definition) is 2. The summed E-state index contributed by atoms with van der Waals surface area (Å²) in [6.07, 6.45) is 4.59. The van der Waals surface area contributed by atoms with Crippen LogP contribution in [-0.2, 0) is 4.74 Å². The molecule has 17 heavy (non-hydrogen) atoms. The molecule has 1 heterocycles. The first-order valence-corrected chi connectivity index (χ1v) is 7.05. The molecule has 0 aromatic carbocycles. The van der Waals surface area contributed by atoms with Crippen LogP contribution in [0.4, 0.5) is 0 Å². The second-order valence-electron chi connectivity index (χ2n) is 5.25. The molecule has 2 N–H and O–H groups in total. The number of hydrogen-bond acceptors (Lipinski definition) is 4. The highest BCUT2D eigenvalue weighted by molar-refractivity contribution is 4.82. The number of aliphatic hydroxyl groups is 1. The van der Waals surface area contributed by atoms with Crippen molar-refractivity contribution in [1.29, 1.82) is 0 Å². The topological polar surface area (TPSA) is 44.7 Å². The molecule has 1 saturated carbocycles. The van der Waals surface area contributed by atoms with E-state index in [9.17, 15) is 5.11 Å². The third-order valence-electron chi connectivity index (χ3n) is 4.01. The van der Waals surface area contributed by atoms with Gasteiger partial charge in [-0.1, -0.05) is 19.8 Å². The quantitative estimate of drug-likeness (QED) is 0.758. The molecular formula is C13H26N2O2. The number of nitrogens with zero attached hydrogens (tertiary/aromatic N) is 1. The Balaban J connectivity index is 1.69. The molecule has 1 saturated heterocycles. The first kappa shape index (κ1) is 13.3. The Hall–Kier alpha value is -0.160. The summed E-state index contributed by atoms with van der Waals surface area (Å²) in [5.74, 6) is 0. The summed E-state index contributed by atoms with van der Waals surface area (Å²) in [5.41, 5.74) is 0. The molecule has 0 spiro atoms. The lowest BCUT2D eigenvalue weighted by molar-refractivity contribution is -0.0297. The zero-order valence-corrected chi connectivity index (χ0v) is 10.9. The summed E-state index contributed by atoms with van der Waals surface area (Å²) < 4.78 is 5.75. The van der Waals surface area contributed by atoms with Crippen molar-refractivity contribution in [3.63, 3.8) is 0 Å². The van der Waals surface area contributed by atoms with Gasteiger partial charge in [0.25, 0.3) is 0 Å². The summed E-state index contributed by atoms with van der Waals surface area (Å²) in [7, 11) is 0. The Bertz CT molecular complexity index is 225. The summed E-state index contributed by atoms with van der Waals surface area (Å²) in [6.45, 7) is 7.09. The van der Waals surface area contributed by atoms with Crippen LogP contribution in [0.5, 0.6) is 0 Å². The molecule has 0 aromatic heterocycles. The minimum atomic E-state index is -0.158.